The molecule has 0 aliphatic rings. The molecule has 0 spiro atoms. The summed E-state index contributed by atoms with van der Waals surface area (Å²) in [5, 5.41) is 14.8. The van der Waals surface area contributed by atoms with Crippen molar-refractivity contribution in [2.24, 2.45) is 5.10 Å². The third kappa shape index (κ3) is 4.70. The number of methoxy groups -OCH3 is 1. The molecule has 0 heterocycles. The van der Waals surface area contributed by atoms with Crippen molar-refractivity contribution in [1.29, 1.82) is 0 Å². The fourth-order valence-corrected chi connectivity index (χ4v) is 2.34. The molecule has 0 aliphatic carbocycles. The van der Waals surface area contributed by atoms with Gasteiger partial charge in [-0.15, -0.1) is 0 Å². The fraction of sp³-hybridized carbons (Fsp3) is 0.176. The third-order valence-corrected chi connectivity index (χ3v) is 3.54. The van der Waals surface area contributed by atoms with E-state index in [0.29, 0.717) is 28.7 Å². The highest BCUT2D eigenvalue weighted by Crippen LogP contribution is 2.35. The molecule has 0 aromatic heterocycles. The Morgan fingerprint density at radius 1 is 1.35 bits per heavy atom. The van der Waals surface area contributed by atoms with Gasteiger partial charge in [0.1, 0.15) is 0 Å². The van der Waals surface area contributed by atoms with E-state index < -0.39 is 10.8 Å². The number of nitro benzene ring substituents is 1. The molecule has 136 valence electrons. The van der Waals surface area contributed by atoms with E-state index in [9.17, 15) is 14.9 Å². The first kappa shape index (κ1) is 19.2. The first-order valence-electron chi connectivity index (χ1n) is 7.54. The Balaban J connectivity index is 2.08. The van der Waals surface area contributed by atoms with Crippen molar-refractivity contribution in [3.05, 3.63) is 62.7 Å². The number of benzene rings is 2. The highest BCUT2D eigenvalue weighted by Gasteiger charge is 2.11. The molecule has 0 unspecified atom stereocenters. The van der Waals surface area contributed by atoms with Crippen molar-refractivity contribution in [2.45, 2.75) is 6.92 Å². The number of non-ortho nitro benzene ring substituents is 1. The van der Waals surface area contributed by atoms with Gasteiger partial charge in [-0.25, -0.2) is 5.43 Å². The zero-order valence-corrected chi connectivity index (χ0v) is 14.8. The van der Waals surface area contributed by atoms with Gasteiger partial charge in [-0.3, -0.25) is 14.9 Å². The lowest BCUT2D eigenvalue weighted by atomic mass is 10.2. The molecule has 0 fully saturated rings. The number of carbonyl (C=O) groups is 1. The summed E-state index contributed by atoms with van der Waals surface area (Å²) in [4.78, 5) is 22.0. The number of nitrogens with zero attached hydrogens (tertiary/aromatic N) is 2. The second-order valence-electron chi connectivity index (χ2n) is 4.97. The van der Waals surface area contributed by atoms with Crippen LogP contribution in [-0.2, 0) is 0 Å². The monoisotopic (exact) mass is 377 g/mol. The minimum absolute atomic E-state index is 0.0961. The molecule has 1 amide bonds. The second-order valence-corrected chi connectivity index (χ2v) is 5.38. The minimum Gasteiger partial charge on any atom is -0.493 e. The van der Waals surface area contributed by atoms with Crippen LogP contribution in [0, 0.1) is 10.1 Å². The van der Waals surface area contributed by atoms with Gasteiger partial charge in [0, 0.05) is 17.7 Å². The molecule has 0 saturated heterocycles. The molecular weight excluding hydrogens is 362 g/mol. The van der Waals surface area contributed by atoms with Gasteiger partial charge in [0.15, 0.2) is 11.5 Å². The molecule has 26 heavy (non-hydrogen) atoms. The standard InChI is InChI=1S/C17H16ClN3O5/c1-3-26-16-14(18)8-11(9-15(16)25-2)10-19-20-17(22)12-4-6-13(7-5-12)21(23)24/h4-10H,3H2,1-2H3,(H,20,22)/b19-10-. The SMILES string of the molecule is CCOc1c(Cl)cc(/C=N\NC(=O)c2ccc([N+](=O)[O-])cc2)cc1OC. The van der Waals surface area contributed by atoms with E-state index in [2.05, 4.69) is 10.5 Å². The zero-order chi connectivity index (χ0) is 19.1. The van der Waals surface area contributed by atoms with Crippen molar-refractivity contribution in [1.82, 2.24) is 5.43 Å². The van der Waals surface area contributed by atoms with Crippen molar-refractivity contribution in [3.63, 3.8) is 0 Å². The quantitative estimate of drug-likeness (QED) is 0.452. The number of rotatable bonds is 7. The summed E-state index contributed by atoms with van der Waals surface area (Å²) in [5.41, 5.74) is 3.08. The van der Waals surface area contributed by atoms with E-state index in [1.807, 2.05) is 6.92 Å². The smallest absolute Gasteiger partial charge is 0.271 e. The number of hydrogen-bond donors (Lipinski definition) is 1. The van der Waals surface area contributed by atoms with Crippen LogP contribution in [0.15, 0.2) is 41.5 Å². The van der Waals surface area contributed by atoms with E-state index in [1.165, 1.54) is 37.6 Å². The van der Waals surface area contributed by atoms with E-state index in [0.717, 1.165) is 0 Å². The highest BCUT2D eigenvalue weighted by molar-refractivity contribution is 6.32. The lowest BCUT2D eigenvalue weighted by molar-refractivity contribution is -0.384. The van der Waals surface area contributed by atoms with Crippen molar-refractivity contribution in [2.75, 3.05) is 13.7 Å². The van der Waals surface area contributed by atoms with E-state index >= 15 is 0 Å². The second kappa shape index (κ2) is 8.82. The number of nitrogens with one attached hydrogen (secondary N) is 1. The van der Waals surface area contributed by atoms with Crippen LogP contribution in [0.1, 0.15) is 22.8 Å². The van der Waals surface area contributed by atoms with Gasteiger partial charge in [-0.1, -0.05) is 11.6 Å². The highest BCUT2D eigenvalue weighted by atomic mass is 35.5. The predicted octanol–water partition coefficient (Wildman–Crippen LogP) is 3.42. The van der Waals surface area contributed by atoms with Crippen LogP contribution in [0.2, 0.25) is 5.02 Å². The van der Waals surface area contributed by atoms with E-state index in [4.69, 9.17) is 21.1 Å². The maximum Gasteiger partial charge on any atom is 0.271 e. The minimum atomic E-state index is -0.539. The van der Waals surface area contributed by atoms with Gasteiger partial charge in [0.05, 0.1) is 29.9 Å². The number of halogens is 1. The first-order chi connectivity index (χ1) is 12.5. The normalized spacial score (nSPS) is 10.6. The summed E-state index contributed by atoms with van der Waals surface area (Å²) in [6.45, 7) is 2.27. The first-order valence-corrected chi connectivity index (χ1v) is 7.92. The van der Waals surface area contributed by atoms with E-state index in [1.54, 1.807) is 12.1 Å². The maximum absolute atomic E-state index is 12.0. The number of nitro groups is 1. The van der Waals surface area contributed by atoms with Crippen LogP contribution in [0.3, 0.4) is 0 Å². The topological polar surface area (TPSA) is 103 Å². The summed E-state index contributed by atoms with van der Waals surface area (Å²) in [5.74, 6) is 0.381. The average Bonchev–Trinajstić information content (AvgIpc) is 2.63. The van der Waals surface area contributed by atoms with Crippen LogP contribution in [0.4, 0.5) is 5.69 Å². The molecule has 2 aromatic carbocycles. The lowest BCUT2D eigenvalue weighted by Gasteiger charge is -2.11. The van der Waals surface area contributed by atoms with E-state index in [-0.39, 0.29) is 11.3 Å². The molecule has 0 bridgehead atoms. The molecule has 0 radical (unpaired) electrons. The van der Waals surface area contributed by atoms with Crippen LogP contribution in [0.25, 0.3) is 0 Å². The predicted molar refractivity (Wildman–Crippen MR) is 97.3 cm³/mol. The Morgan fingerprint density at radius 3 is 2.62 bits per heavy atom. The Labute approximate surface area is 154 Å². The maximum atomic E-state index is 12.0. The van der Waals surface area contributed by atoms with Gasteiger partial charge >= 0.3 is 0 Å². The number of carbonyl (C=O) groups excluding carboxylic acids is 1. The number of hydrazone groups is 1. The Morgan fingerprint density at radius 2 is 2.04 bits per heavy atom. The summed E-state index contributed by atoms with van der Waals surface area (Å²) in [6.07, 6.45) is 1.40. The summed E-state index contributed by atoms with van der Waals surface area (Å²) in [7, 11) is 1.49. The van der Waals surface area contributed by atoms with Crippen molar-refractivity contribution in [3.8, 4) is 11.5 Å². The average molecular weight is 378 g/mol. The number of ether oxygens (including phenoxy) is 2. The molecule has 8 nitrogen and oxygen atoms in total. The Kier molecular flexibility index (Phi) is 6.51. The van der Waals surface area contributed by atoms with Crippen LogP contribution in [0.5, 0.6) is 11.5 Å². The van der Waals surface area contributed by atoms with Crippen LogP contribution in [-0.4, -0.2) is 30.8 Å². The molecule has 9 heteroatoms. The van der Waals surface area contributed by atoms with Crippen molar-refractivity contribution >= 4 is 29.4 Å². The van der Waals surface area contributed by atoms with Crippen molar-refractivity contribution < 1.29 is 19.2 Å². The molecular formula is C17H16ClN3O5. The summed E-state index contributed by atoms with van der Waals surface area (Å²) < 4.78 is 10.7. The number of hydrogen-bond acceptors (Lipinski definition) is 6. The zero-order valence-electron chi connectivity index (χ0n) is 14.1. The Hall–Kier alpha value is -3.13. The third-order valence-electron chi connectivity index (χ3n) is 3.26. The van der Waals surface area contributed by atoms with Gasteiger partial charge in [-0.05, 0) is 36.8 Å². The Bertz CT molecular complexity index is 837. The largest absolute Gasteiger partial charge is 0.493 e. The number of amides is 1. The van der Waals surface area contributed by atoms with Crippen LogP contribution < -0.4 is 14.9 Å². The van der Waals surface area contributed by atoms with Crippen LogP contribution >= 0.6 is 11.6 Å². The van der Waals surface area contributed by atoms with Gasteiger partial charge in [-0.2, -0.15) is 5.10 Å². The molecule has 2 aromatic rings. The van der Waals surface area contributed by atoms with Gasteiger partial charge < -0.3 is 9.47 Å². The molecule has 0 aliphatic heterocycles. The fourth-order valence-electron chi connectivity index (χ4n) is 2.06. The lowest BCUT2D eigenvalue weighted by Crippen LogP contribution is -2.17. The van der Waals surface area contributed by atoms with Gasteiger partial charge in [0.2, 0.25) is 0 Å². The molecule has 0 atom stereocenters. The molecule has 0 saturated carbocycles. The molecule has 2 rings (SSSR count). The summed E-state index contributed by atoms with van der Waals surface area (Å²) in [6, 6.07) is 8.47. The molecule has 1 N–H and O–H groups in total. The van der Waals surface area contributed by atoms with Gasteiger partial charge in [0.25, 0.3) is 11.6 Å². The summed E-state index contributed by atoms with van der Waals surface area (Å²) >= 11 is 6.16.